The fourth-order valence-electron chi connectivity index (χ4n) is 3.12. The first-order valence-corrected chi connectivity index (χ1v) is 9.48. The van der Waals surface area contributed by atoms with E-state index in [4.69, 9.17) is 17.0 Å². The topological polar surface area (TPSA) is 89.7 Å². The molecule has 4 rings (SSSR count). The average Bonchev–Trinajstić information content (AvgIpc) is 3.32. The number of H-pyrrole nitrogens is 1. The molecule has 1 fully saturated rings. The highest BCUT2D eigenvalue weighted by atomic mass is 32.1. The van der Waals surface area contributed by atoms with E-state index in [-0.39, 0.29) is 0 Å². The molecule has 0 bridgehead atoms. The first kappa shape index (κ1) is 18.0. The van der Waals surface area contributed by atoms with Crippen molar-refractivity contribution in [2.45, 2.75) is 19.5 Å². The van der Waals surface area contributed by atoms with E-state index in [0.717, 1.165) is 57.2 Å². The summed E-state index contributed by atoms with van der Waals surface area (Å²) in [7, 11) is 0. The minimum atomic E-state index is 0.421. The van der Waals surface area contributed by atoms with Gasteiger partial charge in [0.15, 0.2) is 10.6 Å². The van der Waals surface area contributed by atoms with Crippen molar-refractivity contribution in [3.05, 3.63) is 40.9 Å². The molecule has 1 saturated heterocycles. The van der Waals surface area contributed by atoms with Gasteiger partial charge in [-0.2, -0.15) is 9.90 Å². The van der Waals surface area contributed by atoms with Gasteiger partial charge in [-0.05, 0) is 23.9 Å². The second-order valence-corrected chi connectivity index (χ2v) is 6.80. The summed E-state index contributed by atoms with van der Waals surface area (Å²) in [5.74, 6) is 1.41. The van der Waals surface area contributed by atoms with Crippen molar-refractivity contribution in [1.29, 1.82) is 0 Å². The maximum Gasteiger partial charge on any atom is 0.204 e. The summed E-state index contributed by atoms with van der Waals surface area (Å²) >= 11 is 5.39. The third-order valence-electron chi connectivity index (χ3n) is 4.56. The molecule has 142 valence electrons. The molecule has 10 heteroatoms. The highest BCUT2D eigenvalue weighted by Gasteiger charge is 2.13. The monoisotopic (exact) mass is 386 g/mol. The second kappa shape index (κ2) is 8.51. The first-order valence-electron chi connectivity index (χ1n) is 9.07. The fourth-order valence-corrected chi connectivity index (χ4v) is 3.36. The summed E-state index contributed by atoms with van der Waals surface area (Å²) < 4.78 is 8.03. The summed E-state index contributed by atoms with van der Waals surface area (Å²) in [4.78, 5) is 3.96. The number of benzene rings is 1. The van der Waals surface area contributed by atoms with Gasteiger partial charge in [0.25, 0.3) is 0 Å². The van der Waals surface area contributed by atoms with Gasteiger partial charge in [0.2, 0.25) is 5.82 Å². The van der Waals surface area contributed by atoms with E-state index < -0.39 is 0 Å². The molecule has 0 amide bonds. The minimum absolute atomic E-state index is 0.421. The van der Waals surface area contributed by atoms with Crippen molar-refractivity contribution in [1.82, 2.24) is 39.9 Å². The number of hydrogen-bond acceptors (Lipinski definition) is 7. The maximum atomic E-state index is 5.39. The zero-order chi connectivity index (χ0) is 18.5. The van der Waals surface area contributed by atoms with Crippen LogP contribution in [-0.2, 0) is 17.8 Å². The van der Waals surface area contributed by atoms with Crippen molar-refractivity contribution in [3.63, 3.8) is 0 Å². The van der Waals surface area contributed by atoms with E-state index in [2.05, 4.69) is 30.5 Å². The largest absolute Gasteiger partial charge is 0.379 e. The Labute approximate surface area is 162 Å². The lowest BCUT2D eigenvalue weighted by Crippen LogP contribution is -2.37. The molecule has 0 spiro atoms. The molecule has 1 aliphatic rings. The van der Waals surface area contributed by atoms with Gasteiger partial charge >= 0.3 is 0 Å². The van der Waals surface area contributed by atoms with Crippen LogP contribution in [0.4, 0.5) is 0 Å². The van der Waals surface area contributed by atoms with E-state index >= 15 is 0 Å². The SMILES string of the molecule is S=c1[nH]nc(Cn2nnc(-c3ccccc3)n2)n1CCCN1CCOCC1. The standard InChI is InChI=1S/C17H22N8OS/c27-17-20-18-15(24(17)8-4-7-23-9-11-26-12-10-23)13-25-21-16(19-22-25)14-5-2-1-3-6-14/h1-3,5-6H,4,7-13H2,(H,20,27). The first-order chi connectivity index (χ1) is 13.3. The third kappa shape index (κ3) is 4.46. The molecular formula is C17H22N8OS. The number of rotatable bonds is 7. The summed E-state index contributed by atoms with van der Waals surface area (Å²) in [5, 5.41) is 19.9. The smallest absolute Gasteiger partial charge is 0.204 e. The Balaban J connectivity index is 1.39. The number of aromatic amines is 1. The Bertz CT molecular complexity index is 912. The quantitative estimate of drug-likeness (QED) is 0.613. The lowest BCUT2D eigenvalue weighted by molar-refractivity contribution is 0.0369. The summed E-state index contributed by atoms with van der Waals surface area (Å²) in [6.07, 6.45) is 1.00. The number of nitrogens with one attached hydrogen (secondary N) is 1. The molecule has 0 atom stereocenters. The number of nitrogens with zero attached hydrogens (tertiary/aromatic N) is 7. The van der Waals surface area contributed by atoms with Crippen LogP contribution in [0.2, 0.25) is 0 Å². The van der Waals surface area contributed by atoms with Crippen molar-refractivity contribution < 1.29 is 4.74 Å². The normalized spacial score (nSPS) is 15.3. The molecule has 0 radical (unpaired) electrons. The molecule has 1 aromatic carbocycles. The van der Waals surface area contributed by atoms with Gasteiger partial charge in [-0.1, -0.05) is 30.3 Å². The number of hydrogen-bond donors (Lipinski definition) is 1. The zero-order valence-electron chi connectivity index (χ0n) is 15.0. The fraction of sp³-hybridized carbons (Fsp3) is 0.471. The molecule has 1 aliphatic heterocycles. The molecule has 3 heterocycles. The lowest BCUT2D eigenvalue weighted by atomic mass is 10.2. The van der Waals surface area contributed by atoms with Crippen molar-refractivity contribution >= 4 is 12.2 Å². The summed E-state index contributed by atoms with van der Waals surface area (Å²) in [6, 6.07) is 9.79. The Kier molecular flexibility index (Phi) is 5.66. The summed E-state index contributed by atoms with van der Waals surface area (Å²) in [6.45, 7) is 5.88. The number of morpholine rings is 1. The Hall–Kier alpha value is -2.43. The summed E-state index contributed by atoms with van der Waals surface area (Å²) in [5.41, 5.74) is 0.938. The average molecular weight is 386 g/mol. The zero-order valence-corrected chi connectivity index (χ0v) is 15.8. The van der Waals surface area contributed by atoms with E-state index in [1.807, 2.05) is 34.9 Å². The highest BCUT2D eigenvalue weighted by Crippen LogP contribution is 2.12. The third-order valence-corrected chi connectivity index (χ3v) is 4.88. The molecule has 2 aromatic heterocycles. The highest BCUT2D eigenvalue weighted by molar-refractivity contribution is 7.71. The van der Waals surface area contributed by atoms with Crippen LogP contribution in [0.3, 0.4) is 0 Å². The van der Waals surface area contributed by atoms with Crippen LogP contribution in [0, 0.1) is 4.77 Å². The predicted octanol–water partition coefficient (Wildman–Crippen LogP) is 1.36. The van der Waals surface area contributed by atoms with Crippen LogP contribution in [0.5, 0.6) is 0 Å². The van der Waals surface area contributed by atoms with Gasteiger partial charge < -0.3 is 9.30 Å². The Morgan fingerprint density at radius 2 is 1.93 bits per heavy atom. The molecule has 0 saturated carbocycles. The van der Waals surface area contributed by atoms with Gasteiger partial charge in [-0.3, -0.25) is 10.00 Å². The minimum Gasteiger partial charge on any atom is -0.379 e. The molecule has 9 nitrogen and oxygen atoms in total. The maximum absolute atomic E-state index is 5.39. The molecule has 1 N–H and O–H groups in total. The van der Waals surface area contributed by atoms with Gasteiger partial charge in [0.1, 0.15) is 6.54 Å². The van der Waals surface area contributed by atoms with Gasteiger partial charge in [0.05, 0.1) is 13.2 Å². The Morgan fingerprint density at radius 1 is 1.11 bits per heavy atom. The van der Waals surface area contributed by atoms with Crippen LogP contribution in [0.25, 0.3) is 11.4 Å². The van der Waals surface area contributed by atoms with Gasteiger partial charge in [0, 0.05) is 31.7 Å². The van der Waals surface area contributed by atoms with Crippen molar-refractivity contribution in [2.75, 3.05) is 32.8 Å². The molecule has 0 unspecified atom stereocenters. The number of ether oxygens (including phenoxy) is 1. The van der Waals surface area contributed by atoms with Crippen LogP contribution in [-0.4, -0.2) is 72.7 Å². The van der Waals surface area contributed by atoms with Crippen molar-refractivity contribution in [2.24, 2.45) is 0 Å². The number of tetrazole rings is 1. The molecule has 3 aromatic rings. The van der Waals surface area contributed by atoms with Crippen molar-refractivity contribution in [3.8, 4) is 11.4 Å². The molecular weight excluding hydrogens is 364 g/mol. The molecule has 27 heavy (non-hydrogen) atoms. The second-order valence-electron chi connectivity index (χ2n) is 6.41. The Morgan fingerprint density at radius 3 is 2.74 bits per heavy atom. The lowest BCUT2D eigenvalue weighted by Gasteiger charge is -2.26. The van der Waals surface area contributed by atoms with Crippen LogP contribution in [0.1, 0.15) is 12.2 Å². The van der Waals surface area contributed by atoms with Gasteiger partial charge in [-0.15, -0.1) is 10.2 Å². The van der Waals surface area contributed by atoms with E-state index in [9.17, 15) is 0 Å². The molecule has 0 aliphatic carbocycles. The van der Waals surface area contributed by atoms with E-state index in [1.54, 1.807) is 4.80 Å². The predicted molar refractivity (Wildman–Crippen MR) is 102 cm³/mol. The van der Waals surface area contributed by atoms with Gasteiger partial charge in [-0.25, -0.2) is 0 Å². The number of aromatic nitrogens is 7. The van der Waals surface area contributed by atoms with Crippen LogP contribution >= 0.6 is 12.2 Å². The van der Waals surface area contributed by atoms with Crippen LogP contribution in [0.15, 0.2) is 30.3 Å². The van der Waals surface area contributed by atoms with Crippen LogP contribution < -0.4 is 0 Å². The van der Waals surface area contributed by atoms with E-state index in [0.29, 0.717) is 17.1 Å². The van der Waals surface area contributed by atoms with E-state index in [1.165, 1.54) is 0 Å².